The molecule has 0 bridgehead atoms. The van der Waals surface area contributed by atoms with Gasteiger partial charge in [-0.1, -0.05) is 15.9 Å². The summed E-state index contributed by atoms with van der Waals surface area (Å²) in [5.41, 5.74) is 1.57. The highest BCUT2D eigenvalue weighted by atomic mass is 79.9. The van der Waals surface area contributed by atoms with E-state index in [0.717, 1.165) is 4.47 Å². The van der Waals surface area contributed by atoms with Crippen molar-refractivity contribution in [1.29, 1.82) is 5.26 Å². The first-order chi connectivity index (χ1) is 9.10. The van der Waals surface area contributed by atoms with Crippen molar-refractivity contribution in [2.75, 3.05) is 5.32 Å². The van der Waals surface area contributed by atoms with E-state index in [-0.39, 0.29) is 5.69 Å². The number of aromatic carboxylic acids is 1. The lowest BCUT2D eigenvalue weighted by atomic mass is 10.2. The van der Waals surface area contributed by atoms with Crippen LogP contribution in [0.25, 0.3) is 0 Å². The summed E-state index contributed by atoms with van der Waals surface area (Å²) >= 11 is 3.32. The van der Waals surface area contributed by atoms with Gasteiger partial charge in [-0.3, -0.25) is 0 Å². The van der Waals surface area contributed by atoms with Gasteiger partial charge in [-0.05, 0) is 30.3 Å². The van der Waals surface area contributed by atoms with Crippen LogP contribution in [0, 0.1) is 11.3 Å². The normalized spacial score (nSPS) is 9.68. The second-order valence-electron chi connectivity index (χ2n) is 3.66. The minimum Gasteiger partial charge on any atom is -0.477 e. The molecule has 0 amide bonds. The number of rotatable bonds is 3. The number of pyridine rings is 1. The third-order valence-electron chi connectivity index (χ3n) is 2.36. The molecule has 2 rings (SSSR count). The summed E-state index contributed by atoms with van der Waals surface area (Å²) in [4.78, 5) is 14.6. The van der Waals surface area contributed by atoms with Crippen molar-refractivity contribution in [3.05, 3.63) is 52.3 Å². The molecule has 94 valence electrons. The van der Waals surface area contributed by atoms with Crippen molar-refractivity contribution < 1.29 is 9.90 Å². The number of hydrogen-bond acceptors (Lipinski definition) is 4. The number of hydrogen-bond donors (Lipinski definition) is 2. The fourth-order valence-corrected chi connectivity index (χ4v) is 1.86. The number of halogens is 1. The van der Waals surface area contributed by atoms with Gasteiger partial charge in [-0.2, -0.15) is 5.26 Å². The Labute approximate surface area is 117 Å². The van der Waals surface area contributed by atoms with Crippen LogP contribution in [0.2, 0.25) is 0 Å². The third kappa shape index (κ3) is 3.09. The van der Waals surface area contributed by atoms with Crippen LogP contribution < -0.4 is 5.32 Å². The van der Waals surface area contributed by atoms with Crippen LogP contribution in [0.15, 0.2) is 41.0 Å². The maximum absolute atomic E-state index is 10.8. The fraction of sp³-hybridized carbons (Fsp3) is 0. The monoisotopic (exact) mass is 317 g/mol. The van der Waals surface area contributed by atoms with Gasteiger partial charge in [0, 0.05) is 16.4 Å². The first kappa shape index (κ1) is 13.1. The van der Waals surface area contributed by atoms with Crippen molar-refractivity contribution in [1.82, 2.24) is 4.98 Å². The van der Waals surface area contributed by atoms with Crippen LogP contribution in [0.4, 0.5) is 11.4 Å². The summed E-state index contributed by atoms with van der Waals surface area (Å²) in [5, 5.41) is 20.9. The molecule has 0 aliphatic rings. The highest BCUT2D eigenvalue weighted by molar-refractivity contribution is 9.10. The Morgan fingerprint density at radius 2 is 2.16 bits per heavy atom. The van der Waals surface area contributed by atoms with Gasteiger partial charge >= 0.3 is 5.97 Å². The van der Waals surface area contributed by atoms with Gasteiger partial charge in [-0.25, -0.2) is 9.78 Å². The Balaban J connectivity index is 2.36. The predicted molar refractivity (Wildman–Crippen MR) is 73.3 cm³/mol. The summed E-state index contributed by atoms with van der Waals surface area (Å²) in [6.45, 7) is 0. The predicted octanol–water partition coefficient (Wildman–Crippen LogP) is 3.16. The Kier molecular flexibility index (Phi) is 3.78. The second kappa shape index (κ2) is 5.50. The van der Waals surface area contributed by atoms with E-state index in [0.29, 0.717) is 16.9 Å². The maximum Gasteiger partial charge on any atom is 0.354 e. The SMILES string of the molecule is N#Cc1ccc(Br)cc1Nc1ccnc(C(=O)O)c1. The first-order valence-electron chi connectivity index (χ1n) is 5.26. The van der Waals surface area contributed by atoms with Crippen molar-refractivity contribution in [3.63, 3.8) is 0 Å². The molecule has 0 atom stereocenters. The summed E-state index contributed by atoms with van der Waals surface area (Å²) in [7, 11) is 0. The minimum atomic E-state index is -1.10. The highest BCUT2D eigenvalue weighted by Crippen LogP contribution is 2.24. The van der Waals surface area contributed by atoms with Crippen molar-refractivity contribution in [3.8, 4) is 6.07 Å². The number of carboxylic acid groups (broad SMARTS) is 1. The van der Waals surface area contributed by atoms with Crippen molar-refractivity contribution in [2.24, 2.45) is 0 Å². The molecule has 0 fully saturated rings. The number of nitriles is 1. The number of nitrogens with zero attached hydrogens (tertiary/aromatic N) is 2. The van der Waals surface area contributed by atoms with Gasteiger partial charge in [0.1, 0.15) is 11.8 Å². The van der Waals surface area contributed by atoms with Gasteiger partial charge in [-0.15, -0.1) is 0 Å². The van der Waals surface area contributed by atoms with Crippen LogP contribution >= 0.6 is 15.9 Å². The molecule has 0 aliphatic heterocycles. The molecule has 5 nitrogen and oxygen atoms in total. The third-order valence-corrected chi connectivity index (χ3v) is 2.85. The van der Waals surface area contributed by atoms with Crippen LogP contribution in [0.1, 0.15) is 16.1 Å². The summed E-state index contributed by atoms with van der Waals surface area (Å²) in [6, 6.07) is 10.3. The highest BCUT2D eigenvalue weighted by Gasteiger charge is 2.07. The van der Waals surface area contributed by atoms with E-state index < -0.39 is 5.97 Å². The fourth-order valence-electron chi connectivity index (χ4n) is 1.50. The number of benzene rings is 1. The van der Waals surface area contributed by atoms with Crippen LogP contribution in [0.3, 0.4) is 0 Å². The summed E-state index contributed by atoms with van der Waals surface area (Å²) < 4.78 is 0.821. The molecule has 0 radical (unpaired) electrons. The quantitative estimate of drug-likeness (QED) is 0.908. The number of anilines is 2. The topological polar surface area (TPSA) is 86.0 Å². The van der Waals surface area contributed by atoms with Gasteiger partial charge in [0.15, 0.2) is 0 Å². The average molecular weight is 318 g/mol. The van der Waals surface area contributed by atoms with E-state index in [1.807, 2.05) is 0 Å². The molecule has 0 spiro atoms. The molecule has 2 N–H and O–H groups in total. The lowest BCUT2D eigenvalue weighted by Gasteiger charge is -2.09. The van der Waals surface area contributed by atoms with E-state index in [1.54, 1.807) is 24.3 Å². The van der Waals surface area contributed by atoms with Gasteiger partial charge in [0.2, 0.25) is 0 Å². The Morgan fingerprint density at radius 3 is 2.84 bits per heavy atom. The van der Waals surface area contributed by atoms with E-state index in [1.165, 1.54) is 12.3 Å². The molecule has 1 aromatic heterocycles. The zero-order valence-electron chi connectivity index (χ0n) is 9.59. The largest absolute Gasteiger partial charge is 0.477 e. The van der Waals surface area contributed by atoms with Crippen molar-refractivity contribution in [2.45, 2.75) is 0 Å². The van der Waals surface area contributed by atoms with E-state index in [4.69, 9.17) is 10.4 Å². The van der Waals surface area contributed by atoms with E-state index in [9.17, 15) is 4.79 Å². The van der Waals surface area contributed by atoms with Crippen LogP contribution in [-0.2, 0) is 0 Å². The standard InChI is InChI=1S/C13H8BrN3O2/c14-9-2-1-8(7-15)11(5-9)17-10-3-4-16-12(6-10)13(18)19/h1-6H,(H,16,17)(H,18,19). The molecule has 1 heterocycles. The van der Waals surface area contributed by atoms with E-state index in [2.05, 4.69) is 32.3 Å². The Morgan fingerprint density at radius 1 is 1.37 bits per heavy atom. The van der Waals surface area contributed by atoms with Gasteiger partial charge in [0.25, 0.3) is 0 Å². The molecular formula is C13H8BrN3O2. The zero-order valence-corrected chi connectivity index (χ0v) is 11.2. The van der Waals surface area contributed by atoms with E-state index >= 15 is 0 Å². The molecule has 1 aromatic carbocycles. The molecule has 0 saturated carbocycles. The van der Waals surface area contributed by atoms with Crippen LogP contribution in [0.5, 0.6) is 0 Å². The number of carboxylic acids is 1. The number of carbonyl (C=O) groups is 1. The molecule has 19 heavy (non-hydrogen) atoms. The average Bonchev–Trinajstić information content (AvgIpc) is 2.39. The van der Waals surface area contributed by atoms with Crippen molar-refractivity contribution >= 4 is 33.3 Å². The minimum absolute atomic E-state index is 0.0569. The summed E-state index contributed by atoms with van der Waals surface area (Å²) in [5.74, 6) is -1.10. The smallest absolute Gasteiger partial charge is 0.354 e. The molecule has 0 unspecified atom stereocenters. The molecule has 6 heteroatoms. The number of nitrogens with one attached hydrogen (secondary N) is 1. The van der Waals surface area contributed by atoms with Gasteiger partial charge in [0.05, 0.1) is 11.3 Å². The van der Waals surface area contributed by atoms with Crippen LogP contribution in [-0.4, -0.2) is 16.1 Å². The Bertz CT molecular complexity index is 680. The molecule has 0 aliphatic carbocycles. The molecular weight excluding hydrogens is 310 g/mol. The first-order valence-corrected chi connectivity index (χ1v) is 6.05. The van der Waals surface area contributed by atoms with Gasteiger partial charge < -0.3 is 10.4 Å². The summed E-state index contributed by atoms with van der Waals surface area (Å²) in [6.07, 6.45) is 1.40. The lowest BCUT2D eigenvalue weighted by molar-refractivity contribution is 0.0690. The second-order valence-corrected chi connectivity index (χ2v) is 4.58. The molecule has 0 saturated heterocycles. The lowest BCUT2D eigenvalue weighted by Crippen LogP contribution is -2.01. The Hall–Kier alpha value is -2.39. The number of aromatic nitrogens is 1. The maximum atomic E-state index is 10.8. The zero-order chi connectivity index (χ0) is 13.8. The molecule has 2 aromatic rings.